The van der Waals surface area contributed by atoms with Crippen molar-refractivity contribution in [3.63, 3.8) is 0 Å². The molecule has 0 saturated heterocycles. The number of pyridine rings is 1. The number of benzene rings is 1. The number of methoxy groups -OCH3 is 1. The lowest BCUT2D eigenvalue weighted by molar-refractivity contribution is 0.172. The molecule has 0 saturated carbocycles. The van der Waals surface area contributed by atoms with Gasteiger partial charge in [0, 0.05) is 64.1 Å². The summed E-state index contributed by atoms with van der Waals surface area (Å²) in [6.07, 6.45) is 6.22. The molecule has 0 fully saturated rings. The highest BCUT2D eigenvalue weighted by Crippen LogP contribution is 2.17. The van der Waals surface area contributed by atoms with E-state index in [2.05, 4.69) is 25.7 Å². The van der Waals surface area contributed by atoms with Crippen molar-refractivity contribution in [1.82, 2.24) is 20.1 Å². The van der Waals surface area contributed by atoms with Crippen LogP contribution in [0.4, 0.5) is 5.69 Å². The summed E-state index contributed by atoms with van der Waals surface area (Å²) in [5, 5.41) is 10.8. The Hall–Kier alpha value is -3.39. The molecule has 29 heavy (non-hydrogen) atoms. The molecule has 0 unspecified atom stereocenters. The summed E-state index contributed by atoms with van der Waals surface area (Å²) in [6.45, 7) is 1.90. The molecule has 0 aliphatic rings. The molecule has 0 bridgehead atoms. The molecule has 0 radical (unpaired) electrons. The van der Waals surface area contributed by atoms with Crippen molar-refractivity contribution in [2.45, 2.75) is 13.0 Å². The standard InChI is InChI=1S/C21H26N6O2/c1-22-21(26-18-6-3-7-19(15-18)29-13-5-12-28-2)24-16-17-8-10-23-20(14-17)27-11-4-9-25-27/h3-4,6-11,14-15H,5,12-13,16H2,1-2H3,(H2,22,24,26). The molecule has 2 N–H and O–H groups in total. The number of guanidine groups is 1. The molecule has 1 aromatic carbocycles. The van der Waals surface area contributed by atoms with E-state index >= 15 is 0 Å². The molecule has 0 atom stereocenters. The average Bonchev–Trinajstić information content (AvgIpc) is 3.30. The van der Waals surface area contributed by atoms with E-state index in [9.17, 15) is 0 Å². The van der Waals surface area contributed by atoms with E-state index in [1.807, 2.05) is 48.7 Å². The monoisotopic (exact) mass is 394 g/mol. The maximum absolute atomic E-state index is 5.75. The van der Waals surface area contributed by atoms with Crippen molar-refractivity contribution < 1.29 is 9.47 Å². The van der Waals surface area contributed by atoms with Gasteiger partial charge < -0.3 is 20.1 Å². The minimum Gasteiger partial charge on any atom is -0.493 e. The number of aliphatic imine (C=N–C) groups is 1. The highest BCUT2D eigenvalue weighted by Gasteiger charge is 2.04. The van der Waals surface area contributed by atoms with Crippen molar-refractivity contribution in [3.8, 4) is 11.6 Å². The Morgan fingerprint density at radius 2 is 2.07 bits per heavy atom. The van der Waals surface area contributed by atoms with Crippen molar-refractivity contribution in [3.05, 3.63) is 66.6 Å². The maximum Gasteiger partial charge on any atom is 0.195 e. The van der Waals surface area contributed by atoms with E-state index in [0.717, 1.165) is 29.2 Å². The minimum absolute atomic E-state index is 0.601. The number of ether oxygens (including phenoxy) is 2. The Bertz CT molecular complexity index is 911. The predicted octanol–water partition coefficient (Wildman–Crippen LogP) is 2.87. The van der Waals surface area contributed by atoms with E-state index in [-0.39, 0.29) is 0 Å². The lowest BCUT2D eigenvalue weighted by Crippen LogP contribution is -2.30. The number of nitrogens with one attached hydrogen (secondary N) is 2. The Morgan fingerprint density at radius 1 is 1.14 bits per heavy atom. The van der Waals surface area contributed by atoms with Crippen LogP contribution >= 0.6 is 0 Å². The van der Waals surface area contributed by atoms with Gasteiger partial charge in [0.2, 0.25) is 0 Å². The number of rotatable bonds is 9. The summed E-state index contributed by atoms with van der Waals surface area (Å²) in [6, 6.07) is 13.6. The fraction of sp³-hybridized carbons (Fsp3) is 0.286. The van der Waals surface area contributed by atoms with Crippen molar-refractivity contribution in [2.75, 3.05) is 32.7 Å². The summed E-state index contributed by atoms with van der Waals surface area (Å²) >= 11 is 0. The first-order valence-corrected chi connectivity index (χ1v) is 9.43. The molecule has 8 nitrogen and oxygen atoms in total. The van der Waals surface area contributed by atoms with E-state index in [1.165, 1.54) is 0 Å². The van der Waals surface area contributed by atoms with Crippen LogP contribution in [0.25, 0.3) is 5.82 Å². The van der Waals surface area contributed by atoms with Crippen LogP contribution in [-0.2, 0) is 11.3 Å². The van der Waals surface area contributed by atoms with Crippen molar-refractivity contribution >= 4 is 11.6 Å². The van der Waals surface area contributed by atoms with Crippen molar-refractivity contribution in [1.29, 1.82) is 0 Å². The van der Waals surface area contributed by atoms with Gasteiger partial charge in [0.15, 0.2) is 11.8 Å². The number of hydrogen-bond donors (Lipinski definition) is 2. The van der Waals surface area contributed by atoms with Gasteiger partial charge in [0.05, 0.1) is 6.61 Å². The number of aromatic nitrogens is 3. The number of hydrogen-bond acceptors (Lipinski definition) is 5. The smallest absolute Gasteiger partial charge is 0.195 e. The molecule has 3 aromatic rings. The average molecular weight is 394 g/mol. The molecule has 3 rings (SSSR count). The zero-order valence-corrected chi connectivity index (χ0v) is 16.7. The zero-order chi connectivity index (χ0) is 20.3. The third-order valence-corrected chi connectivity index (χ3v) is 4.09. The summed E-state index contributed by atoms with van der Waals surface area (Å²) in [7, 11) is 3.43. The van der Waals surface area contributed by atoms with Crippen LogP contribution in [-0.4, -0.2) is 48.1 Å². The van der Waals surface area contributed by atoms with Gasteiger partial charge in [-0.1, -0.05) is 6.07 Å². The molecule has 8 heteroatoms. The maximum atomic E-state index is 5.75. The van der Waals surface area contributed by atoms with Crippen LogP contribution in [0.5, 0.6) is 5.75 Å². The van der Waals surface area contributed by atoms with Crippen LogP contribution < -0.4 is 15.4 Å². The van der Waals surface area contributed by atoms with E-state index in [1.54, 1.807) is 31.2 Å². The second-order valence-corrected chi connectivity index (χ2v) is 6.25. The first kappa shape index (κ1) is 20.3. The molecule has 0 aliphatic carbocycles. The lowest BCUT2D eigenvalue weighted by atomic mass is 10.2. The fourth-order valence-corrected chi connectivity index (χ4v) is 2.66. The van der Waals surface area contributed by atoms with Gasteiger partial charge in [0.1, 0.15) is 5.75 Å². The van der Waals surface area contributed by atoms with E-state index in [4.69, 9.17) is 9.47 Å². The summed E-state index contributed by atoms with van der Waals surface area (Å²) in [5.41, 5.74) is 1.97. The quantitative estimate of drug-likeness (QED) is 0.330. The fourth-order valence-electron chi connectivity index (χ4n) is 2.66. The topological polar surface area (TPSA) is 85.6 Å². The van der Waals surface area contributed by atoms with E-state index < -0.39 is 0 Å². The minimum atomic E-state index is 0.601. The molecule has 2 heterocycles. The Balaban J connectivity index is 1.55. The molecule has 0 aliphatic heterocycles. The lowest BCUT2D eigenvalue weighted by Gasteiger charge is -2.13. The second-order valence-electron chi connectivity index (χ2n) is 6.25. The number of nitrogens with zero attached hydrogens (tertiary/aromatic N) is 4. The molecule has 0 amide bonds. The van der Waals surface area contributed by atoms with Crippen LogP contribution in [0, 0.1) is 0 Å². The summed E-state index contributed by atoms with van der Waals surface area (Å²) in [4.78, 5) is 8.64. The highest BCUT2D eigenvalue weighted by atomic mass is 16.5. The molecular formula is C21H26N6O2. The SMILES string of the molecule is CN=C(NCc1ccnc(-n2cccn2)c1)Nc1cccc(OCCCOC)c1. The van der Waals surface area contributed by atoms with Gasteiger partial charge in [0.25, 0.3) is 0 Å². The van der Waals surface area contributed by atoms with Gasteiger partial charge in [-0.05, 0) is 35.9 Å². The molecular weight excluding hydrogens is 368 g/mol. The number of anilines is 1. The second kappa shape index (κ2) is 10.8. The Morgan fingerprint density at radius 3 is 2.86 bits per heavy atom. The largest absolute Gasteiger partial charge is 0.493 e. The summed E-state index contributed by atoms with van der Waals surface area (Å²) in [5.74, 6) is 2.24. The van der Waals surface area contributed by atoms with Gasteiger partial charge in [-0.3, -0.25) is 4.99 Å². The van der Waals surface area contributed by atoms with Gasteiger partial charge in [-0.25, -0.2) is 9.67 Å². The molecule has 0 spiro atoms. The van der Waals surface area contributed by atoms with Gasteiger partial charge in [-0.2, -0.15) is 5.10 Å². The predicted molar refractivity (Wildman–Crippen MR) is 114 cm³/mol. The third kappa shape index (κ3) is 6.32. The Labute approximate surface area is 170 Å². The summed E-state index contributed by atoms with van der Waals surface area (Å²) < 4.78 is 12.5. The van der Waals surface area contributed by atoms with Crippen LogP contribution in [0.15, 0.2) is 66.0 Å². The van der Waals surface area contributed by atoms with Crippen LogP contribution in [0.2, 0.25) is 0 Å². The first-order chi connectivity index (χ1) is 14.3. The van der Waals surface area contributed by atoms with Crippen molar-refractivity contribution in [2.24, 2.45) is 4.99 Å². The first-order valence-electron chi connectivity index (χ1n) is 9.43. The van der Waals surface area contributed by atoms with Gasteiger partial charge >= 0.3 is 0 Å². The van der Waals surface area contributed by atoms with Crippen LogP contribution in [0.1, 0.15) is 12.0 Å². The third-order valence-electron chi connectivity index (χ3n) is 4.09. The Kier molecular flexibility index (Phi) is 7.59. The normalized spacial score (nSPS) is 11.3. The highest BCUT2D eigenvalue weighted by molar-refractivity contribution is 5.93. The molecule has 152 valence electrons. The zero-order valence-electron chi connectivity index (χ0n) is 16.7. The van der Waals surface area contributed by atoms with Crippen LogP contribution in [0.3, 0.4) is 0 Å². The van der Waals surface area contributed by atoms with E-state index in [0.29, 0.717) is 25.7 Å². The molecule has 2 aromatic heterocycles. The van der Waals surface area contributed by atoms with Gasteiger partial charge in [-0.15, -0.1) is 0 Å².